The molecule has 29 heavy (non-hydrogen) atoms. The lowest BCUT2D eigenvalue weighted by atomic mass is 10.2. The summed E-state index contributed by atoms with van der Waals surface area (Å²) >= 11 is 8.67. The number of halogens is 1. The van der Waals surface area contributed by atoms with Gasteiger partial charge in [0, 0.05) is 24.4 Å². The molecule has 2 N–H and O–H groups in total. The Bertz CT molecular complexity index is 845. The average Bonchev–Trinajstić information content (AvgIpc) is 2.68. The third kappa shape index (κ3) is 8.00. The van der Waals surface area contributed by atoms with Gasteiger partial charge in [-0.2, -0.15) is 0 Å². The van der Waals surface area contributed by atoms with Crippen LogP contribution < -0.4 is 20.1 Å². The van der Waals surface area contributed by atoms with Gasteiger partial charge in [-0.25, -0.2) is 0 Å². The molecule has 6 nitrogen and oxygen atoms in total. The molecular formula is C21H25BrN2O4S. The first-order chi connectivity index (χ1) is 13.9. The van der Waals surface area contributed by atoms with Crippen molar-refractivity contribution in [2.45, 2.75) is 13.8 Å². The summed E-state index contributed by atoms with van der Waals surface area (Å²) in [7, 11) is 1.61. The molecule has 0 aliphatic rings. The van der Waals surface area contributed by atoms with Crippen LogP contribution in [0.15, 0.2) is 46.9 Å². The zero-order valence-corrected chi connectivity index (χ0v) is 19.1. The van der Waals surface area contributed by atoms with Gasteiger partial charge in [0.15, 0.2) is 5.11 Å². The van der Waals surface area contributed by atoms with Crippen molar-refractivity contribution in [3.8, 4) is 11.5 Å². The number of anilines is 1. The molecule has 0 unspecified atom stereocenters. The quantitative estimate of drug-likeness (QED) is 0.402. The van der Waals surface area contributed by atoms with Gasteiger partial charge in [-0.3, -0.25) is 10.1 Å². The zero-order chi connectivity index (χ0) is 21.2. The lowest BCUT2D eigenvalue weighted by Crippen LogP contribution is -2.34. The molecule has 2 aromatic carbocycles. The Balaban J connectivity index is 1.92. The summed E-state index contributed by atoms with van der Waals surface area (Å²) < 4.78 is 16.9. The predicted octanol–water partition coefficient (Wildman–Crippen LogP) is 4.64. The highest BCUT2D eigenvalue weighted by Crippen LogP contribution is 2.26. The van der Waals surface area contributed by atoms with Gasteiger partial charge >= 0.3 is 0 Å². The highest BCUT2D eigenvalue weighted by atomic mass is 79.9. The molecule has 0 aromatic heterocycles. The molecule has 0 heterocycles. The summed E-state index contributed by atoms with van der Waals surface area (Å²) in [6.45, 7) is 5.71. The Morgan fingerprint density at radius 2 is 1.93 bits per heavy atom. The first kappa shape index (κ1) is 23.1. The third-order valence-electron chi connectivity index (χ3n) is 3.64. The number of thiocarbonyl (C=S) groups is 1. The monoisotopic (exact) mass is 480 g/mol. The number of hydrogen-bond acceptors (Lipinski definition) is 5. The Kier molecular flexibility index (Phi) is 9.37. The number of carbonyl (C=O) groups excluding carboxylic acids is 1. The Hall–Kier alpha value is -2.16. The second-order valence-corrected chi connectivity index (χ2v) is 7.89. The summed E-state index contributed by atoms with van der Waals surface area (Å²) in [5.74, 6) is 1.49. The van der Waals surface area contributed by atoms with Crippen LogP contribution in [0.1, 0.15) is 24.2 Å². The third-order valence-corrected chi connectivity index (χ3v) is 4.47. The first-order valence-electron chi connectivity index (χ1n) is 9.15. The molecule has 0 radical (unpaired) electrons. The zero-order valence-electron chi connectivity index (χ0n) is 16.7. The lowest BCUT2D eigenvalue weighted by Gasteiger charge is -2.13. The Morgan fingerprint density at radius 3 is 2.62 bits per heavy atom. The molecule has 0 aliphatic heterocycles. The summed E-state index contributed by atoms with van der Waals surface area (Å²) in [6.07, 6.45) is 0. The average molecular weight is 481 g/mol. The highest BCUT2D eigenvalue weighted by molar-refractivity contribution is 9.10. The number of carbonyl (C=O) groups is 1. The van der Waals surface area contributed by atoms with Gasteiger partial charge in [0.2, 0.25) is 0 Å². The molecule has 0 atom stereocenters. The van der Waals surface area contributed by atoms with Crippen molar-refractivity contribution >= 4 is 44.9 Å². The molecule has 0 aliphatic carbocycles. The van der Waals surface area contributed by atoms with E-state index < -0.39 is 0 Å². The Labute approximate surface area is 185 Å². The van der Waals surface area contributed by atoms with E-state index in [4.69, 9.17) is 26.4 Å². The fraction of sp³-hybridized carbons (Fsp3) is 0.333. The van der Waals surface area contributed by atoms with E-state index in [1.165, 1.54) is 0 Å². The van der Waals surface area contributed by atoms with Gasteiger partial charge in [-0.1, -0.05) is 19.9 Å². The van der Waals surface area contributed by atoms with Crippen molar-refractivity contribution in [1.29, 1.82) is 0 Å². The Morgan fingerprint density at radius 1 is 1.14 bits per heavy atom. The van der Waals surface area contributed by atoms with Crippen LogP contribution in [0, 0.1) is 5.92 Å². The number of benzene rings is 2. The molecule has 0 fully saturated rings. The van der Waals surface area contributed by atoms with Gasteiger partial charge in [0.05, 0.1) is 17.7 Å². The van der Waals surface area contributed by atoms with Crippen LogP contribution in [0.2, 0.25) is 0 Å². The van der Waals surface area contributed by atoms with Crippen molar-refractivity contribution < 1.29 is 19.0 Å². The van der Waals surface area contributed by atoms with E-state index in [0.29, 0.717) is 41.5 Å². The van der Waals surface area contributed by atoms with E-state index in [0.717, 1.165) is 11.4 Å². The van der Waals surface area contributed by atoms with E-state index in [2.05, 4.69) is 40.4 Å². The minimum absolute atomic E-state index is 0.201. The molecule has 2 aromatic rings. The van der Waals surface area contributed by atoms with E-state index in [-0.39, 0.29) is 11.0 Å². The second kappa shape index (κ2) is 11.7. The van der Waals surface area contributed by atoms with Gasteiger partial charge in [-0.05, 0) is 64.4 Å². The van der Waals surface area contributed by atoms with Crippen molar-refractivity contribution in [2.24, 2.45) is 5.92 Å². The van der Waals surface area contributed by atoms with Crippen LogP contribution in [0.3, 0.4) is 0 Å². The van der Waals surface area contributed by atoms with E-state index >= 15 is 0 Å². The van der Waals surface area contributed by atoms with Crippen LogP contribution in [0.4, 0.5) is 5.69 Å². The number of ether oxygens (including phenoxy) is 3. The van der Waals surface area contributed by atoms with Crippen LogP contribution >= 0.6 is 28.1 Å². The maximum Gasteiger partial charge on any atom is 0.257 e. The molecule has 0 spiro atoms. The number of hydrogen-bond donors (Lipinski definition) is 2. The molecule has 0 bridgehead atoms. The van der Waals surface area contributed by atoms with Gasteiger partial charge in [0.1, 0.15) is 18.1 Å². The number of nitrogens with one attached hydrogen (secondary N) is 2. The van der Waals surface area contributed by atoms with E-state index in [9.17, 15) is 4.79 Å². The fourth-order valence-electron chi connectivity index (χ4n) is 2.26. The molecule has 156 valence electrons. The van der Waals surface area contributed by atoms with E-state index in [1.54, 1.807) is 25.3 Å². The first-order valence-corrected chi connectivity index (χ1v) is 10.4. The fourth-order valence-corrected chi connectivity index (χ4v) is 2.96. The molecule has 2 rings (SSSR count). The van der Waals surface area contributed by atoms with Gasteiger partial charge < -0.3 is 19.5 Å². The van der Waals surface area contributed by atoms with Gasteiger partial charge in [0.25, 0.3) is 5.91 Å². The number of methoxy groups -OCH3 is 1. The lowest BCUT2D eigenvalue weighted by molar-refractivity contribution is 0.0977. The topological polar surface area (TPSA) is 68.8 Å². The van der Waals surface area contributed by atoms with Crippen LogP contribution in [-0.4, -0.2) is 38.0 Å². The van der Waals surface area contributed by atoms with Crippen molar-refractivity contribution in [3.63, 3.8) is 0 Å². The molecular weight excluding hydrogens is 456 g/mol. The summed E-state index contributed by atoms with van der Waals surface area (Å²) in [6, 6.07) is 12.5. The van der Waals surface area contributed by atoms with Crippen LogP contribution in [-0.2, 0) is 4.74 Å². The summed E-state index contributed by atoms with van der Waals surface area (Å²) in [5.41, 5.74) is 1.19. The van der Waals surface area contributed by atoms with Crippen molar-refractivity contribution in [2.75, 3.05) is 32.2 Å². The van der Waals surface area contributed by atoms with Crippen molar-refractivity contribution in [1.82, 2.24) is 5.32 Å². The second-order valence-electron chi connectivity index (χ2n) is 6.63. The largest absolute Gasteiger partial charge is 0.493 e. The molecule has 8 heteroatoms. The maximum atomic E-state index is 12.5. The molecule has 0 saturated heterocycles. The normalized spacial score (nSPS) is 10.5. The highest BCUT2D eigenvalue weighted by Gasteiger charge is 2.11. The number of rotatable bonds is 9. The van der Waals surface area contributed by atoms with Gasteiger partial charge in [-0.15, -0.1) is 0 Å². The predicted molar refractivity (Wildman–Crippen MR) is 122 cm³/mol. The maximum absolute atomic E-state index is 12.5. The molecule has 1 amide bonds. The standard InChI is InChI=1S/C21H25BrN2O4S/c1-14(2)13-28-17-6-4-5-16(12-17)23-21(29)24-20(25)15-7-8-19(18(22)11-15)27-10-9-26-3/h4-8,11-12,14H,9-10,13H2,1-3H3,(H2,23,24,25,29). The van der Waals surface area contributed by atoms with Crippen LogP contribution in [0.25, 0.3) is 0 Å². The van der Waals surface area contributed by atoms with Crippen LogP contribution in [0.5, 0.6) is 11.5 Å². The van der Waals surface area contributed by atoms with E-state index in [1.807, 2.05) is 24.3 Å². The summed E-state index contributed by atoms with van der Waals surface area (Å²) in [5, 5.41) is 5.87. The summed E-state index contributed by atoms with van der Waals surface area (Å²) in [4.78, 5) is 12.5. The van der Waals surface area contributed by atoms with Crippen molar-refractivity contribution in [3.05, 3.63) is 52.5 Å². The SMILES string of the molecule is COCCOc1ccc(C(=O)NC(=S)Nc2cccc(OCC(C)C)c2)cc1Br. The minimum atomic E-state index is -0.321. The molecule has 0 saturated carbocycles. The smallest absolute Gasteiger partial charge is 0.257 e. The minimum Gasteiger partial charge on any atom is -0.493 e. The number of amides is 1.